The molecule has 1 aliphatic rings. The first-order valence-electron chi connectivity index (χ1n) is 5.81. The molecule has 0 aliphatic heterocycles. The van der Waals surface area contributed by atoms with Gasteiger partial charge in [-0.1, -0.05) is 0 Å². The van der Waals surface area contributed by atoms with Crippen LogP contribution in [0.25, 0.3) is 11.4 Å². The molecule has 2 heterocycles. The van der Waals surface area contributed by atoms with Crippen LogP contribution in [0.1, 0.15) is 24.0 Å². The van der Waals surface area contributed by atoms with Crippen LogP contribution in [0.2, 0.25) is 0 Å². The van der Waals surface area contributed by atoms with Crippen molar-refractivity contribution in [1.82, 2.24) is 14.8 Å². The molecule has 82 valence electrons. The molecular formula is C13H15N3. The molecule has 16 heavy (non-hydrogen) atoms. The van der Waals surface area contributed by atoms with E-state index < -0.39 is 0 Å². The van der Waals surface area contributed by atoms with Crippen LogP contribution in [0.5, 0.6) is 0 Å². The third-order valence-electron chi connectivity index (χ3n) is 3.34. The van der Waals surface area contributed by atoms with Crippen LogP contribution in [0.4, 0.5) is 0 Å². The molecule has 0 aromatic carbocycles. The van der Waals surface area contributed by atoms with Crippen molar-refractivity contribution >= 4 is 0 Å². The van der Waals surface area contributed by atoms with Crippen LogP contribution in [0, 0.1) is 0 Å². The minimum Gasteiger partial charge on any atom is -0.266 e. The Bertz CT molecular complexity index is 514. The minimum atomic E-state index is 1.12. The van der Waals surface area contributed by atoms with Gasteiger partial charge in [0.05, 0.1) is 11.4 Å². The molecule has 3 heteroatoms. The van der Waals surface area contributed by atoms with E-state index in [9.17, 15) is 0 Å². The SMILES string of the molecule is Cn1nccc1-c1nccc2c1CCCC2. The molecule has 0 saturated heterocycles. The van der Waals surface area contributed by atoms with Crippen LogP contribution in [-0.2, 0) is 19.9 Å². The number of aryl methyl sites for hydroxylation is 2. The van der Waals surface area contributed by atoms with E-state index in [4.69, 9.17) is 0 Å². The van der Waals surface area contributed by atoms with Gasteiger partial charge in [0.25, 0.3) is 0 Å². The summed E-state index contributed by atoms with van der Waals surface area (Å²) in [5, 5.41) is 4.22. The number of nitrogens with zero attached hydrogens (tertiary/aromatic N) is 3. The van der Waals surface area contributed by atoms with Crippen molar-refractivity contribution in [1.29, 1.82) is 0 Å². The quantitative estimate of drug-likeness (QED) is 0.728. The summed E-state index contributed by atoms with van der Waals surface area (Å²) in [4.78, 5) is 4.53. The summed E-state index contributed by atoms with van der Waals surface area (Å²) in [6, 6.07) is 4.20. The average molecular weight is 213 g/mol. The molecule has 0 unspecified atom stereocenters. The Morgan fingerprint density at radius 2 is 2.00 bits per heavy atom. The fourth-order valence-electron chi connectivity index (χ4n) is 2.49. The molecule has 1 aliphatic carbocycles. The van der Waals surface area contributed by atoms with Crippen molar-refractivity contribution in [2.24, 2.45) is 7.05 Å². The molecule has 0 atom stereocenters. The summed E-state index contributed by atoms with van der Waals surface area (Å²) in [7, 11) is 1.97. The molecule has 0 spiro atoms. The Hall–Kier alpha value is -1.64. The Kier molecular flexibility index (Phi) is 2.24. The van der Waals surface area contributed by atoms with Crippen molar-refractivity contribution in [3.05, 3.63) is 35.7 Å². The zero-order chi connectivity index (χ0) is 11.0. The lowest BCUT2D eigenvalue weighted by molar-refractivity contribution is 0.681. The molecule has 0 fully saturated rings. The fourth-order valence-corrected chi connectivity index (χ4v) is 2.49. The third kappa shape index (κ3) is 1.43. The Morgan fingerprint density at radius 1 is 1.12 bits per heavy atom. The first-order valence-corrected chi connectivity index (χ1v) is 5.81. The van der Waals surface area contributed by atoms with E-state index in [1.165, 1.54) is 30.4 Å². The Labute approximate surface area is 95.1 Å². The maximum Gasteiger partial charge on any atom is 0.0917 e. The maximum absolute atomic E-state index is 4.53. The summed E-state index contributed by atoms with van der Waals surface area (Å²) in [5.74, 6) is 0. The van der Waals surface area contributed by atoms with E-state index in [1.54, 1.807) is 0 Å². The molecule has 3 nitrogen and oxygen atoms in total. The zero-order valence-electron chi connectivity index (χ0n) is 9.48. The van der Waals surface area contributed by atoms with Crippen molar-refractivity contribution in [3.8, 4) is 11.4 Å². The second-order valence-corrected chi connectivity index (χ2v) is 4.34. The minimum absolute atomic E-state index is 1.12. The smallest absolute Gasteiger partial charge is 0.0917 e. The van der Waals surface area contributed by atoms with Gasteiger partial charge in [-0.2, -0.15) is 5.10 Å². The predicted octanol–water partition coefficient (Wildman–Crippen LogP) is 2.36. The Balaban J connectivity index is 2.18. The summed E-state index contributed by atoms with van der Waals surface area (Å²) >= 11 is 0. The number of rotatable bonds is 1. The van der Waals surface area contributed by atoms with Gasteiger partial charge in [0.1, 0.15) is 0 Å². The number of hydrogen-bond donors (Lipinski definition) is 0. The second-order valence-electron chi connectivity index (χ2n) is 4.34. The normalized spacial score (nSPS) is 14.8. The zero-order valence-corrected chi connectivity index (χ0v) is 9.48. The fraction of sp³-hybridized carbons (Fsp3) is 0.385. The number of pyridine rings is 1. The van der Waals surface area contributed by atoms with Crippen molar-refractivity contribution in [2.75, 3.05) is 0 Å². The molecule has 2 aromatic rings. The summed E-state index contributed by atoms with van der Waals surface area (Å²) < 4.78 is 1.90. The van der Waals surface area contributed by atoms with E-state index in [0.717, 1.165) is 17.8 Å². The highest BCUT2D eigenvalue weighted by atomic mass is 15.3. The highest BCUT2D eigenvalue weighted by molar-refractivity contribution is 5.61. The van der Waals surface area contributed by atoms with Crippen molar-refractivity contribution in [2.45, 2.75) is 25.7 Å². The van der Waals surface area contributed by atoms with Crippen molar-refractivity contribution < 1.29 is 0 Å². The van der Waals surface area contributed by atoms with Crippen LogP contribution in [0.3, 0.4) is 0 Å². The van der Waals surface area contributed by atoms with Gasteiger partial charge < -0.3 is 0 Å². The molecular weight excluding hydrogens is 198 g/mol. The van der Waals surface area contributed by atoms with E-state index >= 15 is 0 Å². The number of hydrogen-bond acceptors (Lipinski definition) is 2. The van der Waals surface area contributed by atoms with Gasteiger partial charge in [0.15, 0.2) is 0 Å². The topological polar surface area (TPSA) is 30.7 Å². The van der Waals surface area contributed by atoms with E-state index in [-0.39, 0.29) is 0 Å². The van der Waals surface area contributed by atoms with Crippen LogP contribution in [-0.4, -0.2) is 14.8 Å². The van der Waals surface area contributed by atoms with Gasteiger partial charge in [-0.3, -0.25) is 9.67 Å². The molecule has 0 bridgehead atoms. The second kappa shape index (κ2) is 3.74. The standard InChI is InChI=1S/C13H15N3/c1-16-12(7-9-15-16)13-11-5-3-2-4-10(11)6-8-14-13/h6-9H,2-5H2,1H3. The number of fused-ring (bicyclic) bond motifs is 1. The van der Waals surface area contributed by atoms with Crippen LogP contribution in [0.15, 0.2) is 24.5 Å². The van der Waals surface area contributed by atoms with Gasteiger partial charge >= 0.3 is 0 Å². The van der Waals surface area contributed by atoms with Gasteiger partial charge in [-0.05, 0) is 48.9 Å². The lowest BCUT2D eigenvalue weighted by Gasteiger charge is -2.18. The third-order valence-corrected chi connectivity index (χ3v) is 3.34. The number of aromatic nitrogens is 3. The van der Waals surface area contributed by atoms with Gasteiger partial charge in [0, 0.05) is 19.4 Å². The van der Waals surface area contributed by atoms with E-state index in [1.807, 2.05) is 30.2 Å². The largest absolute Gasteiger partial charge is 0.266 e. The van der Waals surface area contributed by atoms with Crippen LogP contribution >= 0.6 is 0 Å². The molecule has 2 aromatic heterocycles. The van der Waals surface area contributed by atoms with Crippen LogP contribution < -0.4 is 0 Å². The lowest BCUT2D eigenvalue weighted by atomic mass is 9.90. The van der Waals surface area contributed by atoms with Gasteiger partial charge in [0.2, 0.25) is 0 Å². The summed E-state index contributed by atoms with van der Waals surface area (Å²) in [5.41, 5.74) is 5.14. The molecule has 0 amide bonds. The average Bonchev–Trinajstić information content (AvgIpc) is 2.75. The van der Waals surface area contributed by atoms with E-state index in [2.05, 4.69) is 16.1 Å². The van der Waals surface area contributed by atoms with Crippen molar-refractivity contribution in [3.63, 3.8) is 0 Å². The highest BCUT2D eigenvalue weighted by Gasteiger charge is 2.16. The summed E-state index contributed by atoms with van der Waals surface area (Å²) in [6.07, 6.45) is 8.70. The first kappa shape index (κ1) is 9.58. The highest BCUT2D eigenvalue weighted by Crippen LogP contribution is 2.29. The van der Waals surface area contributed by atoms with Gasteiger partial charge in [-0.25, -0.2) is 0 Å². The maximum atomic E-state index is 4.53. The summed E-state index contributed by atoms with van der Waals surface area (Å²) in [6.45, 7) is 0. The van der Waals surface area contributed by atoms with Gasteiger partial charge in [-0.15, -0.1) is 0 Å². The lowest BCUT2D eigenvalue weighted by Crippen LogP contribution is -2.07. The molecule has 3 rings (SSSR count). The van der Waals surface area contributed by atoms with E-state index in [0.29, 0.717) is 0 Å². The Morgan fingerprint density at radius 3 is 2.81 bits per heavy atom. The predicted molar refractivity (Wildman–Crippen MR) is 63.1 cm³/mol. The first-order chi connectivity index (χ1) is 7.86. The monoisotopic (exact) mass is 213 g/mol. The molecule has 0 radical (unpaired) electrons. The molecule has 0 saturated carbocycles. The molecule has 0 N–H and O–H groups in total.